The van der Waals surface area contributed by atoms with Gasteiger partial charge < -0.3 is 18.7 Å². The molecular formula is C23H22Cl2N2O6. The van der Waals surface area contributed by atoms with Gasteiger partial charge in [0.05, 0.1) is 37.1 Å². The van der Waals surface area contributed by atoms with E-state index in [9.17, 15) is 9.59 Å². The maximum atomic E-state index is 13.8. The summed E-state index contributed by atoms with van der Waals surface area (Å²) in [5, 5.41) is 3.32. The van der Waals surface area contributed by atoms with E-state index in [-0.39, 0.29) is 28.3 Å². The molecule has 5 unspecified atom stereocenters. The first-order valence-corrected chi connectivity index (χ1v) is 11.4. The third kappa shape index (κ3) is 3.47. The zero-order valence-corrected chi connectivity index (χ0v) is 19.7. The van der Waals surface area contributed by atoms with Gasteiger partial charge in [-0.1, -0.05) is 11.2 Å². The number of hydrogen-bond acceptors (Lipinski definition) is 7. The molecule has 2 aliphatic heterocycles. The Morgan fingerprint density at radius 1 is 1.09 bits per heavy atom. The molecule has 0 spiro atoms. The smallest absolute Gasteiger partial charge is 0.295 e. The van der Waals surface area contributed by atoms with E-state index in [1.54, 1.807) is 31.2 Å². The Kier molecular flexibility index (Phi) is 5.53. The molecule has 2 aromatic rings. The molecule has 3 aliphatic rings. The number of benzene rings is 1. The largest absolute Gasteiger partial charge is 0.493 e. The second kappa shape index (κ2) is 8.25. The van der Waals surface area contributed by atoms with Crippen LogP contribution >= 0.6 is 23.2 Å². The van der Waals surface area contributed by atoms with Gasteiger partial charge in [-0.25, -0.2) is 0 Å². The van der Waals surface area contributed by atoms with Crippen molar-refractivity contribution in [1.29, 1.82) is 0 Å². The van der Waals surface area contributed by atoms with Gasteiger partial charge in [-0.15, -0.1) is 23.2 Å². The van der Waals surface area contributed by atoms with E-state index in [1.807, 2.05) is 0 Å². The lowest BCUT2D eigenvalue weighted by molar-refractivity contribution is -0.131. The van der Waals surface area contributed by atoms with Crippen LogP contribution in [0.25, 0.3) is 0 Å². The molecule has 1 fully saturated rings. The molecule has 5 rings (SSSR count). The third-order valence-electron chi connectivity index (χ3n) is 6.37. The summed E-state index contributed by atoms with van der Waals surface area (Å²) >= 11 is 12.9. The van der Waals surface area contributed by atoms with Gasteiger partial charge in [0.2, 0.25) is 0 Å². The highest BCUT2D eigenvalue weighted by molar-refractivity contribution is 6.25. The number of alkyl halides is 2. The zero-order valence-electron chi connectivity index (χ0n) is 18.2. The summed E-state index contributed by atoms with van der Waals surface area (Å²) in [4.78, 5) is 28.8. The average Bonchev–Trinajstić information content (AvgIpc) is 3.35. The molecule has 8 nitrogen and oxygen atoms in total. The van der Waals surface area contributed by atoms with Gasteiger partial charge in [-0.2, -0.15) is 0 Å². The van der Waals surface area contributed by atoms with Gasteiger partial charge in [0.1, 0.15) is 11.9 Å². The quantitative estimate of drug-likeness (QED) is 0.596. The van der Waals surface area contributed by atoms with Crippen LogP contribution in [0.15, 0.2) is 40.1 Å². The van der Waals surface area contributed by atoms with Crippen molar-refractivity contribution in [3.05, 3.63) is 46.9 Å². The van der Waals surface area contributed by atoms with E-state index in [0.717, 1.165) is 0 Å². The fraction of sp³-hybridized carbons (Fsp3) is 0.435. The molecule has 1 aromatic heterocycles. The predicted octanol–water partition coefficient (Wildman–Crippen LogP) is 3.93. The van der Waals surface area contributed by atoms with Crippen LogP contribution < -0.4 is 14.4 Å². The summed E-state index contributed by atoms with van der Waals surface area (Å²) in [6, 6.07) is 6.10. The molecule has 0 N–H and O–H groups in total. The number of anilines is 1. The monoisotopic (exact) mass is 492 g/mol. The van der Waals surface area contributed by atoms with Crippen LogP contribution in [0.1, 0.15) is 30.2 Å². The van der Waals surface area contributed by atoms with Crippen molar-refractivity contribution in [3.8, 4) is 11.5 Å². The number of fused-ring (bicyclic) bond motifs is 1. The van der Waals surface area contributed by atoms with Crippen molar-refractivity contribution >= 4 is 40.7 Å². The number of nitrogens with zero attached hydrogens (tertiary/aromatic N) is 2. The van der Waals surface area contributed by atoms with Crippen LogP contribution in [0, 0.1) is 12.8 Å². The number of ketones is 1. The number of carbonyl (C=O) groups is 2. The van der Waals surface area contributed by atoms with Crippen LogP contribution in [-0.4, -0.2) is 47.9 Å². The SMILES string of the molecule is COc1ccc(C2C3=C(OC4C(Cl)CC(Cl)CC4C3=O)C(=O)N2c2cc(C)on2)cc1OC. The van der Waals surface area contributed by atoms with Crippen molar-refractivity contribution in [2.24, 2.45) is 5.92 Å². The van der Waals surface area contributed by atoms with Crippen LogP contribution in [0.4, 0.5) is 5.82 Å². The van der Waals surface area contributed by atoms with Gasteiger partial charge in [0.15, 0.2) is 28.9 Å². The number of amides is 1. The first-order valence-electron chi connectivity index (χ1n) is 10.6. The van der Waals surface area contributed by atoms with Crippen molar-refractivity contribution < 1.29 is 28.3 Å². The van der Waals surface area contributed by atoms with Gasteiger partial charge in [0, 0.05) is 11.4 Å². The van der Waals surface area contributed by atoms with Crippen molar-refractivity contribution in [3.63, 3.8) is 0 Å². The highest BCUT2D eigenvalue weighted by atomic mass is 35.5. The summed E-state index contributed by atoms with van der Waals surface area (Å²) < 4.78 is 22.2. The molecule has 1 saturated carbocycles. The van der Waals surface area contributed by atoms with Crippen LogP contribution in [0.3, 0.4) is 0 Å². The van der Waals surface area contributed by atoms with Gasteiger partial charge in [-0.05, 0) is 37.5 Å². The number of hydrogen-bond donors (Lipinski definition) is 0. The molecule has 3 heterocycles. The number of carbonyl (C=O) groups excluding carboxylic acids is 2. The van der Waals surface area contributed by atoms with Crippen molar-refractivity contribution in [2.75, 3.05) is 19.1 Å². The number of aryl methyl sites for hydroxylation is 1. The molecule has 1 aromatic carbocycles. The fourth-order valence-electron chi connectivity index (χ4n) is 4.88. The third-order valence-corrected chi connectivity index (χ3v) is 7.16. The summed E-state index contributed by atoms with van der Waals surface area (Å²) in [5.74, 6) is 0.614. The van der Waals surface area contributed by atoms with Gasteiger partial charge in [0.25, 0.3) is 5.91 Å². The Bertz CT molecular complexity index is 1160. The normalized spacial score (nSPS) is 29.0. The van der Waals surface area contributed by atoms with E-state index >= 15 is 0 Å². The van der Waals surface area contributed by atoms with E-state index in [0.29, 0.717) is 35.7 Å². The minimum atomic E-state index is -0.783. The molecule has 33 heavy (non-hydrogen) atoms. The Labute approximate surface area is 200 Å². The minimum absolute atomic E-state index is 0.000334. The van der Waals surface area contributed by atoms with Crippen LogP contribution in [0.5, 0.6) is 11.5 Å². The first-order chi connectivity index (χ1) is 15.8. The van der Waals surface area contributed by atoms with Crippen LogP contribution in [-0.2, 0) is 14.3 Å². The molecule has 0 saturated heterocycles. The summed E-state index contributed by atoms with van der Waals surface area (Å²) in [6.45, 7) is 1.73. The highest BCUT2D eigenvalue weighted by Gasteiger charge is 2.55. The summed E-state index contributed by atoms with van der Waals surface area (Å²) in [7, 11) is 3.06. The second-order valence-corrected chi connectivity index (χ2v) is 9.55. The molecule has 0 radical (unpaired) electrons. The second-order valence-electron chi connectivity index (χ2n) is 8.37. The van der Waals surface area contributed by atoms with Crippen molar-refractivity contribution in [1.82, 2.24) is 5.16 Å². The predicted molar refractivity (Wildman–Crippen MR) is 120 cm³/mol. The Hall–Kier alpha value is -2.71. The Morgan fingerprint density at radius 2 is 1.85 bits per heavy atom. The van der Waals surface area contributed by atoms with E-state index in [2.05, 4.69) is 5.16 Å². The standard InChI is InChI=1S/C23H22Cl2N2O6/c1-10-6-17(26-33-10)27-19(11-4-5-15(30-2)16(7-11)31-3)18-20(28)13-8-12(24)9-14(25)21(13)32-22(18)23(27)29/h4-7,12-14,19,21H,8-9H2,1-3H3. The molecular weight excluding hydrogens is 471 g/mol. The van der Waals surface area contributed by atoms with Gasteiger partial charge >= 0.3 is 0 Å². The van der Waals surface area contributed by atoms with Gasteiger partial charge in [-0.3, -0.25) is 14.5 Å². The highest BCUT2D eigenvalue weighted by Crippen LogP contribution is 2.50. The molecule has 0 bridgehead atoms. The number of rotatable bonds is 4. The van der Waals surface area contributed by atoms with Crippen molar-refractivity contribution in [2.45, 2.75) is 42.7 Å². The number of aromatic nitrogens is 1. The lowest BCUT2D eigenvalue weighted by Crippen LogP contribution is -2.47. The Balaban J connectivity index is 1.66. The fourth-order valence-corrected chi connectivity index (χ4v) is 5.80. The minimum Gasteiger partial charge on any atom is -0.493 e. The summed E-state index contributed by atoms with van der Waals surface area (Å²) in [5.41, 5.74) is 0.909. The number of methoxy groups -OCH3 is 2. The lowest BCUT2D eigenvalue weighted by Gasteiger charge is -2.39. The number of Topliss-reactive ketones (excluding diaryl/α,β-unsaturated/α-hetero) is 1. The number of halogens is 2. The maximum Gasteiger partial charge on any atom is 0.295 e. The average molecular weight is 493 g/mol. The van der Waals surface area contributed by atoms with E-state index < -0.39 is 29.3 Å². The lowest BCUT2D eigenvalue weighted by atomic mass is 9.77. The van der Waals surface area contributed by atoms with E-state index in [1.165, 1.54) is 19.1 Å². The number of ether oxygens (including phenoxy) is 3. The first kappa shape index (κ1) is 22.1. The summed E-state index contributed by atoms with van der Waals surface area (Å²) in [6.07, 6.45) is 0.322. The maximum absolute atomic E-state index is 13.8. The molecule has 5 atom stereocenters. The molecule has 1 amide bonds. The van der Waals surface area contributed by atoms with Crippen LogP contribution in [0.2, 0.25) is 0 Å². The molecule has 174 valence electrons. The molecule has 1 aliphatic carbocycles. The molecule has 10 heteroatoms. The van der Waals surface area contributed by atoms with E-state index in [4.69, 9.17) is 41.9 Å². The Morgan fingerprint density at radius 3 is 2.52 bits per heavy atom. The topological polar surface area (TPSA) is 91.1 Å². The zero-order chi connectivity index (χ0) is 23.4.